The third-order valence-corrected chi connectivity index (χ3v) is 5.60. The lowest BCUT2D eigenvalue weighted by Gasteiger charge is -2.29. The molecule has 0 aromatic carbocycles. The molecule has 126 valence electrons. The van der Waals surface area contributed by atoms with E-state index in [9.17, 15) is 14.7 Å². The van der Waals surface area contributed by atoms with E-state index < -0.39 is 12.0 Å². The molecule has 0 radical (unpaired) electrons. The van der Waals surface area contributed by atoms with Crippen LogP contribution in [0, 0.1) is 11.8 Å². The molecule has 2 aliphatic carbocycles. The Bertz CT molecular complexity index is 515. The summed E-state index contributed by atoms with van der Waals surface area (Å²) in [6, 6.07) is -0.487. The average molecular weight is 317 g/mol. The van der Waals surface area contributed by atoms with Crippen LogP contribution in [0.1, 0.15) is 57.8 Å². The lowest BCUT2D eigenvalue weighted by Crippen LogP contribution is -2.40. The summed E-state index contributed by atoms with van der Waals surface area (Å²) in [4.78, 5) is 25.8. The van der Waals surface area contributed by atoms with Crippen molar-refractivity contribution in [3.63, 3.8) is 0 Å². The number of carbonyl (C=O) groups is 2. The minimum atomic E-state index is -0.751. The topological polar surface area (TPSA) is 57.6 Å². The summed E-state index contributed by atoms with van der Waals surface area (Å²) in [5.74, 6) is -0.141. The average Bonchev–Trinajstić information content (AvgIpc) is 2.91. The molecule has 1 aliphatic heterocycles. The van der Waals surface area contributed by atoms with Crippen molar-refractivity contribution in [3.05, 3.63) is 23.9 Å². The van der Waals surface area contributed by atoms with Gasteiger partial charge in [0.1, 0.15) is 11.8 Å². The Morgan fingerprint density at radius 3 is 2.57 bits per heavy atom. The molecule has 0 saturated heterocycles. The van der Waals surface area contributed by atoms with Gasteiger partial charge >= 0.3 is 5.97 Å². The van der Waals surface area contributed by atoms with Crippen LogP contribution in [0.25, 0.3) is 0 Å². The minimum Gasteiger partial charge on any atom is -0.480 e. The van der Waals surface area contributed by atoms with Gasteiger partial charge in [0.25, 0.3) is 0 Å². The van der Waals surface area contributed by atoms with E-state index in [1.54, 1.807) is 0 Å². The molecule has 4 heteroatoms. The first-order valence-corrected chi connectivity index (χ1v) is 9.04. The first kappa shape index (κ1) is 16.3. The van der Waals surface area contributed by atoms with Crippen molar-refractivity contribution in [2.24, 2.45) is 11.8 Å². The zero-order valence-corrected chi connectivity index (χ0v) is 13.7. The molecule has 3 aliphatic rings. The van der Waals surface area contributed by atoms with Crippen LogP contribution in [0.5, 0.6) is 0 Å². The number of fused-ring (bicyclic) bond motifs is 1. The number of rotatable bonds is 4. The van der Waals surface area contributed by atoms with Crippen LogP contribution in [0.4, 0.5) is 0 Å². The van der Waals surface area contributed by atoms with Crippen LogP contribution < -0.4 is 0 Å². The zero-order chi connectivity index (χ0) is 16.2. The quantitative estimate of drug-likeness (QED) is 0.861. The van der Waals surface area contributed by atoms with Gasteiger partial charge in [-0.05, 0) is 17.9 Å². The SMILES string of the molecule is O=C1CC=CC2=CN(C(CC3CCCCCCC3)C(=O)O)CC12. The Kier molecular flexibility index (Phi) is 5.19. The number of ketones is 1. The van der Waals surface area contributed by atoms with E-state index in [1.807, 2.05) is 23.3 Å². The molecular weight excluding hydrogens is 290 g/mol. The molecule has 3 rings (SSSR count). The van der Waals surface area contributed by atoms with Crippen molar-refractivity contribution in [3.8, 4) is 0 Å². The number of Topliss-reactive ketones (excluding diaryl/α,β-unsaturated/α-hetero) is 1. The lowest BCUT2D eigenvalue weighted by atomic mass is 9.86. The Hall–Kier alpha value is -1.58. The van der Waals surface area contributed by atoms with Gasteiger partial charge in [0, 0.05) is 19.2 Å². The summed E-state index contributed by atoms with van der Waals surface area (Å²) in [6.45, 7) is 0.544. The lowest BCUT2D eigenvalue weighted by molar-refractivity contribution is -0.143. The van der Waals surface area contributed by atoms with E-state index in [0.29, 0.717) is 25.3 Å². The molecule has 23 heavy (non-hydrogen) atoms. The largest absolute Gasteiger partial charge is 0.480 e. The summed E-state index contributed by atoms with van der Waals surface area (Å²) >= 11 is 0. The molecule has 0 spiro atoms. The van der Waals surface area contributed by atoms with Crippen LogP contribution in [0.15, 0.2) is 23.9 Å². The highest BCUT2D eigenvalue weighted by atomic mass is 16.4. The van der Waals surface area contributed by atoms with Crippen LogP contribution in [-0.2, 0) is 9.59 Å². The number of carboxylic acids is 1. The number of hydrogen-bond donors (Lipinski definition) is 1. The van der Waals surface area contributed by atoms with Crippen molar-refractivity contribution < 1.29 is 14.7 Å². The van der Waals surface area contributed by atoms with E-state index in [4.69, 9.17) is 0 Å². The molecule has 0 aromatic heterocycles. The van der Waals surface area contributed by atoms with Gasteiger partial charge in [0.15, 0.2) is 0 Å². The van der Waals surface area contributed by atoms with E-state index in [2.05, 4.69) is 0 Å². The molecule has 1 fully saturated rings. The Balaban J connectivity index is 1.67. The van der Waals surface area contributed by atoms with Crippen LogP contribution in [0.2, 0.25) is 0 Å². The highest BCUT2D eigenvalue weighted by molar-refractivity contribution is 5.88. The first-order chi connectivity index (χ1) is 11.1. The Morgan fingerprint density at radius 1 is 1.22 bits per heavy atom. The molecule has 1 heterocycles. The summed E-state index contributed by atoms with van der Waals surface area (Å²) in [7, 11) is 0. The fourth-order valence-corrected chi connectivity index (χ4v) is 4.24. The third kappa shape index (κ3) is 3.85. The fraction of sp³-hybridized carbons (Fsp3) is 0.684. The van der Waals surface area contributed by atoms with Crippen molar-refractivity contribution in [2.45, 2.75) is 63.8 Å². The number of hydrogen-bond acceptors (Lipinski definition) is 3. The maximum Gasteiger partial charge on any atom is 0.326 e. The van der Waals surface area contributed by atoms with Crippen molar-refractivity contribution in [2.75, 3.05) is 6.54 Å². The third-order valence-electron chi connectivity index (χ3n) is 5.60. The molecule has 2 unspecified atom stereocenters. The predicted molar refractivity (Wildman–Crippen MR) is 88.9 cm³/mol. The number of aliphatic carboxylic acids is 1. The van der Waals surface area contributed by atoms with Gasteiger partial charge in [-0.1, -0.05) is 57.1 Å². The number of nitrogens with zero attached hydrogens (tertiary/aromatic N) is 1. The van der Waals surface area contributed by atoms with Gasteiger partial charge in [-0.3, -0.25) is 4.79 Å². The molecule has 1 N–H and O–H groups in total. The van der Waals surface area contributed by atoms with Gasteiger partial charge in [0.05, 0.1) is 5.92 Å². The summed E-state index contributed by atoms with van der Waals surface area (Å²) < 4.78 is 0. The number of carboxylic acid groups (broad SMARTS) is 1. The maximum absolute atomic E-state index is 12.0. The normalized spacial score (nSPS) is 27.1. The highest BCUT2D eigenvalue weighted by Gasteiger charge is 2.36. The monoisotopic (exact) mass is 317 g/mol. The van der Waals surface area contributed by atoms with Crippen molar-refractivity contribution >= 4 is 11.8 Å². The van der Waals surface area contributed by atoms with Gasteiger partial charge in [-0.15, -0.1) is 0 Å². The zero-order valence-electron chi connectivity index (χ0n) is 13.7. The molecule has 1 saturated carbocycles. The maximum atomic E-state index is 12.0. The van der Waals surface area contributed by atoms with E-state index in [-0.39, 0.29) is 11.7 Å². The molecule has 0 aromatic rings. The smallest absolute Gasteiger partial charge is 0.326 e. The molecule has 4 nitrogen and oxygen atoms in total. The Morgan fingerprint density at radius 2 is 1.91 bits per heavy atom. The second kappa shape index (κ2) is 7.33. The Labute approximate surface area is 138 Å². The fourth-order valence-electron chi connectivity index (χ4n) is 4.24. The van der Waals surface area contributed by atoms with Crippen molar-refractivity contribution in [1.82, 2.24) is 4.90 Å². The first-order valence-electron chi connectivity index (χ1n) is 9.04. The van der Waals surface area contributed by atoms with Gasteiger partial charge < -0.3 is 10.0 Å². The second-order valence-electron chi connectivity index (χ2n) is 7.25. The highest BCUT2D eigenvalue weighted by Crippen LogP contribution is 2.33. The standard InChI is InChI=1S/C19H27NO3/c21-18-10-6-9-15-12-20(13-16(15)18)17(19(22)23)11-14-7-4-2-1-3-5-8-14/h6,9,12,14,16-17H,1-5,7-8,10-11,13H2,(H,22,23). The second-order valence-corrected chi connectivity index (χ2v) is 7.25. The van der Waals surface area contributed by atoms with Crippen LogP contribution in [-0.4, -0.2) is 34.3 Å². The number of carbonyl (C=O) groups excluding carboxylic acids is 1. The van der Waals surface area contributed by atoms with E-state index in [1.165, 1.54) is 32.1 Å². The van der Waals surface area contributed by atoms with Crippen LogP contribution >= 0.6 is 0 Å². The van der Waals surface area contributed by atoms with Crippen LogP contribution in [0.3, 0.4) is 0 Å². The molecule has 0 bridgehead atoms. The molecule has 2 atom stereocenters. The summed E-state index contributed by atoms with van der Waals surface area (Å²) in [6.07, 6.45) is 15.6. The summed E-state index contributed by atoms with van der Waals surface area (Å²) in [5, 5.41) is 9.72. The summed E-state index contributed by atoms with van der Waals surface area (Å²) in [5.41, 5.74) is 0.991. The van der Waals surface area contributed by atoms with Gasteiger partial charge in [-0.25, -0.2) is 4.79 Å². The van der Waals surface area contributed by atoms with E-state index >= 15 is 0 Å². The van der Waals surface area contributed by atoms with Crippen molar-refractivity contribution in [1.29, 1.82) is 0 Å². The molecule has 0 amide bonds. The molecular formula is C19H27NO3. The predicted octanol–water partition coefficient (Wildman–Crippen LogP) is 3.53. The number of allylic oxidation sites excluding steroid dienone is 2. The van der Waals surface area contributed by atoms with Gasteiger partial charge in [-0.2, -0.15) is 0 Å². The van der Waals surface area contributed by atoms with Gasteiger partial charge in [0.2, 0.25) is 0 Å². The van der Waals surface area contributed by atoms with E-state index in [0.717, 1.165) is 18.4 Å². The minimum absolute atomic E-state index is 0.112.